The van der Waals surface area contributed by atoms with Gasteiger partial charge in [-0.1, -0.05) is 6.07 Å². The minimum Gasteiger partial charge on any atom is -0.338 e. The number of benzene rings is 1. The lowest BCUT2D eigenvalue weighted by Crippen LogP contribution is -2.40. The second kappa shape index (κ2) is 8.13. The number of H-pyrrole nitrogens is 1. The normalized spacial score (nSPS) is 17.3. The molecule has 9 nitrogen and oxygen atoms in total. The molecule has 1 aromatic heterocycles. The SMILES string of the molecule is CN(C)CCN1C(=O)CC[C@H]1CCNC(=O)Nc1cccc2n[nH]nc12. The van der Waals surface area contributed by atoms with Gasteiger partial charge in [-0.2, -0.15) is 15.4 Å². The van der Waals surface area contributed by atoms with Crippen LogP contribution in [0.3, 0.4) is 0 Å². The van der Waals surface area contributed by atoms with Crippen molar-refractivity contribution in [2.45, 2.75) is 25.3 Å². The maximum absolute atomic E-state index is 12.1. The number of fused-ring (bicyclic) bond motifs is 1. The molecule has 1 aromatic carbocycles. The summed E-state index contributed by atoms with van der Waals surface area (Å²) in [6, 6.07) is 5.32. The van der Waals surface area contributed by atoms with E-state index in [-0.39, 0.29) is 18.0 Å². The maximum Gasteiger partial charge on any atom is 0.319 e. The van der Waals surface area contributed by atoms with Crippen LogP contribution in [-0.4, -0.2) is 76.9 Å². The highest BCUT2D eigenvalue weighted by Gasteiger charge is 2.30. The minimum atomic E-state index is -0.287. The first-order valence-electron chi connectivity index (χ1n) is 8.83. The van der Waals surface area contributed by atoms with Gasteiger partial charge < -0.3 is 20.4 Å². The van der Waals surface area contributed by atoms with E-state index in [4.69, 9.17) is 0 Å². The second-order valence-electron chi connectivity index (χ2n) is 6.75. The van der Waals surface area contributed by atoms with Crippen molar-refractivity contribution in [1.29, 1.82) is 0 Å². The molecule has 3 N–H and O–H groups in total. The number of amides is 3. The van der Waals surface area contributed by atoms with Crippen molar-refractivity contribution in [3.63, 3.8) is 0 Å². The molecule has 26 heavy (non-hydrogen) atoms. The number of nitrogens with one attached hydrogen (secondary N) is 3. The summed E-state index contributed by atoms with van der Waals surface area (Å²) in [6.07, 6.45) is 2.20. The van der Waals surface area contributed by atoms with Crippen LogP contribution in [-0.2, 0) is 4.79 Å². The molecule has 3 rings (SSSR count). The Kier molecular flexibility index (Phi) is 5.67. The molecule has 0 unspecified atom stereocenters. The summed E-state index contributed by atoms with van der Waals surface area (Å²) in [5.41, 5.74) is 1.93. The average Bonchev–Trinajstić information content (AvgIpc) is 3.21. The van der Waals surface area contributed by atoms with Crippen LogP contribution in [0.15, 0.2) is 18.2 Å². The number of aromatic amines is 1. The molecule has 0 bridgehead atoms. The van der Waals surface area contributed by atoms with E-state index >= 15 is 0 Å². The average molecular weight is 359 g/mol. The zero-order chi connectivity index (χ0) is 18.5. The number of carbonyl (C=O) groups excluding carboxylic acids is 2. The van der Waals surface area contributed by atoms with E-state index in [0.717, 1.165) is 25.9 Å². The van der Waals surface area contributed by atoms with E-state index in [1.807, 2.05) is 31.1 Å². The highest BCUT2D eigenvalue weighted by molar-refractivity contribution is 5.98. The van der Waals surface area contributed by atoms with Crippen molar-refractivity contribution in [2.75, 3.05) is 39.0 Å². The lowest BCUT2D eigenvalue weighted by molar-refractivity contribution is -0.129. The molecular formula is C17H25N7O2. The van der Waals surface area contributed by atoms with Gasteiger partial charge in [0.05, 0.1) is 5.69 Å². The maximum atomic E-state index is 12.1. The Hall–Kier alpha value is -2.68. The van der Waals surface area contributed by atoms with E-state index in [9.17, 15) is 9.59 Å². The van der Waals surface area contributed by atoms with Gasteiger partial charge in [-0.05, 0) is 39.1 Å². The fourth-order valence-electron chi connectivity index (χ4n) is 3.20. The first kappa shape index (κ1) is 18.1. The number of para-hydroxylation sites is 1. The van der Waals surface area contributed by atoms with Crippen LogP contribution in [0.25, 0.3) is 11.0 Å². The molecule has 0 saturated carbocycles. The third-order valence-electron chi connectivity index (χ3n) is 4.60. The number of likely N-dealkylation sites (N-methyl/N-ethyl adjacent to an activating group) is 1. The van der Waals surface area contributed by atoms with Gasteiger partial charge >= 0.3 is 6.03 Å². The highest BCUT2D eigenvalue weighted by atomic mass is 16.2. The third kappa shape index (κ3) is 4.29. The summed E-state index contributed by atoms with van der Waals surface area (Å²) < 4.78 is 0. The van der Waals surface area contributed by atoms with Gasteiger partial charge in [0.15, 0.2) is 0 Å². The summed E-state index contributed by atoms with van der Waals surface area (Å²) in [7, 11) is 3.99. The van der Waals surface area contributed by atoms with Crippen molar-refractivity contribution in [2.24, 2.45) is 0 Å². The Labute approximate surface area is 152 Å². The third-order valence-corrected chi connectivity index (χ3v) is 4.60. The van der Waals surface area contributed by atoms with E-state index < -0.39 is 0 Å². The van der Waals surface area contributed by atoms with Gasteiger partial charge in [0.1, 0.15) is 11.0 Å². The van der Waals surface area contributed by atoms with Crippen LogP contribution >= 0.6 is 0 Å². The molecule has 3 amide bonds. The van der Waals surface area contributed by atoms with Crippen molar-refractivity contribution < 1.29 is 9.59 Å². The number of carbonyl (C=O) groups is 2. The van der Waals surface area contributed by atoms with Gasteiger partial charge in [-0.15, -0.1) is 0 Å². The van der Waals surface area contributed by atoms with Crippen molar-refractivity contribution in [3.8, 4) is 0 Å². The topological polar surface area (TPSA) is 106 Å². The summed E-state index contributed by atoms with van der Waals surface area (Å²) in [5, 5.41) is 16.2. The highest BCUT2D eigenvalue weighted by Crippen LogP contribution is 2.21. The molecule has 0 radical (unpaired) electrons. The monoisotopic (exact) mass is 359 g/mol. The molecular weight excluding hydrogens is 334 g/mol. The van der Waals surface area contributed by atoms with Gasteiger partial charge in [-0.3, -0.25) is 4.79 Å². The largest absolute Gasteiger partial charge is 0.338 e. The molecule has 140 valence electrons. The first-order valence-corrected chi connectivity index (χ1v) is 8.83. The fourth-order valence-corrected chi connectivity index (χ4v) is 3.20. The smallest absolute Gasteiger partial charge is 0.319 e. The van der Waals surface area contributed by atoms with Crippen molar-refractivity contribution in [1.82, 2.24) is 30.5 Å². The Morgan fingerprint density at radius 3 is 3.04 bits per heavy atom. The Morgan fingerprint density at radius 1 is 1.38 bits per heavy atom. The molecule has 2 aromatic rings. The standard InChI is InChI=1S/C17H25N7O2/c1-23(2)10-11-24-12(6-7-15(24)25)8-9-18-17(26)19-13-4-3-5-14-16(13)21-22-20-14/h3-5,12H,6-11H2,1-2H3,(H2,18,19,26)(H,20,21,22)/t12-/m0/s1. The van der Waals surface area contributed by atoms with Gasteiger partial charge in [0.2, 0.25) is 5.91 Å². The number of aromatic nitrogens is 3. The van der Waals surface area contributed by atoms with E-state index in [1.165, 1.54) is 0 Å². The second-order valence-corrected chi connectivity index (χ2v) is 6.75. The zero-order valence-corrected chi connectivity index (χ0v) is 15.2. The van der Waals surface area contributed by atoms with Crippen LogP contribution in [0.2, 0.25) is 0 Å². The quantitative estimate of drug-likeness (QED) is 0.684. The molecule has 1 atom stereocenters. The van der Waals surface area contributed by atoms with E-state index in [2.05, 4.69) is 30.9 Å². The predicted octanol–water partition coefficient (Wildman–Crippen LogP) is 1.02. The zero-order valence-electron chi connectivity index (χ0n) is 15.2. The Morgan fingerprint density at radius 2 is 2.23 bits per heavy atom. The number of urea groups is 1. The molecule has 0 aliphatic carbocycles. The predicted molar refractivity (Wildman–Crippen MR) is 98.8 cm³/mol. The van der Waals surface area contributed by atoms with Crippen LogP contribution in [0.4, 0.5) is 10.5 Å². The van der Waals surface area contributed by atoms with Gasteiger partial charge in [0.25, 0.3) is 0 Å². The van der Waals surface area contributed by atoms with E-state index in [0.29, 0.717) is 29.7 Å². The van der Waals surface area contributed by atoms with Crippen molar-refractivity contribution >= 4 is 28.7 Å². The summed E-state index contributed by atoms with van der Waals surface area (Å²) in [4.78, 5) is 28.2. The van der Waals surface area contributed by atoms with E-state index in [1.54, 1.807) is 6.07 Å². The van der Waals surface area contributed by atoms with Crippen molar-refractivity contribution in [3.05, 3.63) is 18.2 Å². The van der Waals surface area contributed by atoms with Crippen LogP contribution in [0.5, 0.6) is 0 Å². The molecule has 9 heteroatoms. The lowest BCUT2D eigenvalue weighted by Gasteiger charge is -2.26. The molecule has 1 saturated heterocycles. The van der Waals surface area contributed by atoms with Crippen LogP contribution in [0.1, 0.15) is 19.3 Å². The number of hydrogen-bond donors (Lipinski definition) is 3. The number of rotatable bonds is 7. The Balaban J connectivity index is 1.47. The number of likely N-dealkylation sites (tertiary alicyclic amines) is 1. The molecule has 1 aliphatic heterocycles. The molecule has 0 spiro atoms. The molecule has 1 fully saturated rings. The fraction of sp³-hybridized carbons (Fsp3) is 0.529. The summed E-state index contributed by atoms with van der Waals surface area (Å²) in [6.45, 7) is 2.09. The Bertz CT molecular complexity index is 773. The number of anilines is 1. The lowest BCUT2D eigenvalue weighted by atomic mass is 10.1. The van der Waals surface area contributed by atoms with Gasteiger partial charge in [-0.25, -0.2) is 4.79 Å². The first-order chi connectivity index (χ1) is 12.5. The van der Waals surface area contributed by atoms with Crippen LogP contribution < -0.4 is 10.6 Å². The van der Waals surface area contributed by atoms with Crippen LogP contribution in [0, 0.1) is 0 Å². The van der Waals surface area contributed by atoms with Gasteiger partial charge in [0, 0.05) is 32.1 Å². The number of hydrogen-bond acceptors (Lipinski definition) is 5. The summed E-state index contributed by atoms with van der Waals surface area (Å²) in [5.74, 6) is 0.207. The minimum absolute atomic E-state index is 0.196. The molecule has 1 aliphatic rings. The number of nitrogens with zero attached hydrogens (tertiary/aromatic N) is 4. The summed E-state index contributed by atoms with van der Waals surface area (Å²) >= 11 is 0. The molecule has 2 heterocycles.